The van der Waals surface area contributed by atoms with Crippen LogP contribution < -0.4 is 0 Å². The third-order valence-corrected chi connectivity index (χ3v) is 3.78. The van der Waals surface area contributed by atoms with Crippen LogP contribution in [0, 0.1) is 10.1 Å². The van der Waals surface area contributed by atoms with Crippen molar-refractivity contribution in [1.29, 1.82) is 0 Å². The second-order valence-electron chi connectivity index (χ2n) is 1.43. The first kappa shape index (κ1) is 9.70. The van der Waals surface area contributed by atoms with Crippen molar-refractivity contribution in [3.8, 4) is 0 Å². The first-order chi connectivity index (χ1) is 4.48. The molecule has 0 aliphatic carbocycles. The van der Waals surface area contributed by atoms with Crippen LogP contribution in [0.2, 0.25) is 0 Å². The molecule has 0 spiro atoms. The summed E-state index contributed by atoms with van der Waals surface area (Å²) >= 11 is 0. The topological polar surface area (TPSA) is 77.3 Å². The Labute approximate surface area is 62.3 Å². The van der Waals surface area contributed by atoms with E-state index in [9.17, 15) is 18.5 Å². The molecular formula is C3H7NO4S2. The minimum absolute atomic E-state index is 0.343. The van der Waals surface area contributed by atoms with Gasteiger partial charge in [-0.25, -0.2) is 8.42 Å². The van der Waals surface area contributed by atoms with Crippen molar-refractivity contribution in [2.45, 2.75) is 6.92 Å². The van der Waals surface area contributed by atoms with E-state index in [0.29, 0.717) is 16.5 Å². The van der Waals surface area contributed by atoms with Gasteiger partial charge in [-0.2, -0.15) is 0 Å². The molecule has 0 aromatic heterocycles. The van der Waals surface area contributed by atoms with Gasteiger partial charge >= 0.3 is 5.88 Å². The molecule has 0 aliphatic rings. The van der Waals surface area contributed by atoms with E-state index in [0.717, 1.165) is 0 Å². The summed E-state index contributed by atoms with van der Waals surface area (Å²) in [4.78, 5) is 8.85. The lowest BCUT2D eigenvalue weighted by Crippen LogP contribution is -2.10. The highest BCUT2D eigenvalue weighted by atomic mass is 33.1. The summed E-state index contributed by atoms with van der Waals surface area (Å²) in [5.74, 6) is -0.637. The zero-order valence-corrected chi connectivity index (χ0v) is 6.94. The highest BCUT2D eigenvalue weighted by Gasteiger charge is 2.16. The summed E-state index contributed by atoms with van der Waals surface area (Å²) in [5.41, 5.74) is 0. The third kappa shape index (κ3) is 4.57. The lowest BCUT2D eigenvalue weighted by atomic mass is 11.0. The monoisotopic (exact) mass is 185 g/mol. The van der Waals surface area contributed by atoms with Gasteiger partial charge in [-0.1, -0.05) is 6.92 Å². The van der Waals surface area contributed by atoms with Gasteiger partial charge in [-0.05, 0) is 10.8 Å². The predicted molar refractivity (Wildman–Crippen MR) is 38.9 cm³/mol. The van der Waals surface area contributed by atoms with E-state index in [1.165, 1.54) is 0 Å². The van der Waals surface area contributed by atoms with Crippen molar-refractivity contribution in [2.75, 3.05) is 11.6 Å². The van der Waals surface area contributed by atoms with Crippen molar-refractivity contribution in [3.63, 3.8) is 0 Å². The summed E-state index contributed by atoms with van der Waals surface area (Å²) in [5, 5.41) is 9.70. The maximum Gasteiger partial charge on any atom is 0.311 e. The van der Waals surface area contributed by atoms with Crippen LogP contribution in [0.4, 0.5) is 0 Å². The maximum atomic E-state index is 10.6. The number of rotatable bonds is 4. The van der Waals surface area contributed by atoms with Crippen molar-refractivity contribution in [3.05, 3.63) is 10.1 Å². The molecule has 10 heavy (non-hydrogen) atoms. The molecule has 0 N–H and O–H groups in total. The summed E-state index contributed by atoms with van der Waals surface area (Å²) in [6, 6.07) is 0. The van der Waals surface area contributed by atoms with Crippen molar-refractivity contribution in [1.82, 2.24) is 0 Å². The third-order valence-electron chi connectivity index (χ3n) is 0.561. The first-order valence-electron chi connectivity index (χ1n) is 2.47. The molecule has 0 aromatic rings. The Morgan fingerprint density at radius 2 is 2.10 bits per heavy atom. The van der Waals surface area contributed by atoms with Gasteiger partial charge in [0.15, 0.2) is 0 Å². The van der Waals surface area contributed by atoms with Crippen LogP contribution in [-0.2, 0) is 8.87 Å². The molecular weight excluding hydrogens is 178 g/mol. The molecule has 0 fully saturated rings. The van der Waals surface area contributed by atoms with Gasteiger partial charge < -0.3 is 0 Å². The lowest BCUT2D eigenvalue weighted by Gasteiger charge is -1.93. The number of nitro groups is 1. The van der Waals surface area contributed by atoms with Crippen LogP contribution in [-0.4, -0.2) is 25.0 Å². The first-order valence-corrected chi connectivity index (χ1v) is 5.62. The predicted octanol–water partition coefficient (Wildman–Crippen LogP) is 0.303. The Bertz CT molecular complexity index is 209. The van der Waals surface area contributed by atoms with Crippen LogP contribution in [0.25, 0.3) is 0 Å². The molecule has 0 amide bonds. The summed E-state index contributed by atoms with van der Waals surface area (Å²) in [6.07, 6.45) is 0. The maximum absolute atomic E-state index is 10.6. The Kier molecular flexibility index (Phi) is 3.66. The Morgan fingerprint density at radius 3 is 2.40 bits per heavy atom. The lowest BCUT2D eigenvalue weighted by molar-refractivity contribution is -0.458. The molecule has 0 aromatic carbocycles. The van der Waals surface area contributed by atoms with E-state index < -0.39 is 19.7 Å². The Balaban J connectivity index is 4.02. The quantitative estimate of drug-likeness (QED) is 0.357. The molecule has 7 heteroatoms. The summed E-state index contributed by atoms with van der Waals surface area (Å²) in [6.45, 7) is 1.63. The van der Waals surface area contributed by atoms with E-state index in [1.807, 2.05) is 0 Å². The van der Waals surface area contributed by atoms with Crippen LogP contribution >= 0.6 is 10.8 Å². The van der Waals surface area contributed by atoms with Gasteiger partial charge in [0.1, 0.15) is 0 Å². The molecule has 0 saturated heterocycles. The number of hydrogen-bond acceptors (Lipinski definition) is 5. The highest BCUT2D eigenvalue weighted by Crippen LogP contribution is 2.11. The molecule has 0 rings (SSSR count). The van der Waals surface area contributed by atoms with Crippen LogP contribution in [0.5, 0.6) is 0 Å². The fourth-order valence-electron chi connectivity index (χ4n) is 0.346. The van der Waals surface area contributed by atoms with Crippen molar-refractivity contribution < 1.29 is 13.3 Å². The van der Waals surface area contributed by atoms with E-state index in [-0.39, 0.29) is 0 Å². The van der Waals surface area contributed by atoms with Crippen molar-refractivity contribution >= 4 is 19.7 Å². The molecule has 0 atom stereocenters. The smallest absolute Gasteiger partial charge is 0.263 e. The molecule has 0 heterocycles. The summed E-state index contributed by atoms with van der Waals surface area (Å²) in [7, 11) is -2.92. The minimum Gasteiger partial charge on any atom is -0.263 e. The van der Waals surface area contributed by atoms with Crippen LogP contribution in [0.15, 0.2) is 0 Å². The van der Waals surface area contributed by atoms with Gasteiger partial charge in [0, 0.05) is 10.7 Å². The van der Waals surface area contributed by atoms with Crippen molar-refractivity contribution in [2.24, 2.45) is 0 Å². The molecule has 5 nitrogen and oxygen atoms in total. The largest absolute Gasteiger partial charge is 0.311 e. The average Bonchev–Trinajstić information content (AvgIpc) is 1.59. The zero-order valence-electron chi connectivity index (χ0n) is 5.31. The van der Waals surface area contributed by atoms with E-state index in [4.69, 9.17) is 0 Å². The molecule has 0 aliphatic heterocycles. The standard InChI is InChI=1S/C3H7NO4S2/c1-2-9-10(7,8)3-4(5)6/h2-3H2,1H3. The van der Waals surface area contributed by atoms with Gasteiger partial charge in [-0.15, -0.1) is 0 Å². The molecule has 0 radical (unpaired) electrons. The van der Waals surface area contributed by atoms with Crippen LogP contribution in [0.3, 0.4) is 0 Å². The van der Waals surface area contributed by atoms with Gasteiger partial charge in [0.2, 0.25) is 0 Å². The van der Waals surface area contributed by atoms with Crippen LogP contribution in [0.1, 0.15) is 6.92 Å². The fraction of sp³-hybridized carbons (Fsp3) is 1.00. The van der Waals surface area contributed by atoms with Gasteiger partial charge in [0.05, 0.1) is 0 Å². The Hall–Kier alpha value is -0.300. The molecule has 0 saturated carbocycles. The fourth-order valence-corrected chi connectivity index (χ4v) is 2.60. The number of hydrogen-bond donors (Lipinski definition) is 0. The van der Waals surface area contributed by atoms with Gasteiger partial charge in [0.25, 0.3) is 8.87 Å². The van der Waals surface area contributed by atoms with Gasteiger partial charge in [-0.3, -0.25) is 10.1 Å². The van der Waals surface area contributed by atoms with E-state index in [1.54, 1.807) is 6.92 Å². The van der Waals surface area contributed by atoms with E-state index in [2.05, 4.69) is 0 Å². The molecule has 0 bridgehead atoms. The minimum atomic E-state index is -3.51. The second-order valence-corrected chi connectivity index (χ2v) is 5.84. The van der Waals surface area contributed by atoms with E-state index >= 15 is 0 Å². The normalized spacial score (nSPS) is 11.3. The number of nitrogens with zero attached hydrogens (tertiary/aromatic N) is 1. The highest BCUT2D eigenvalue weighted by molar-refractivity contribution is 8.71. The SMILES string of the molecule is CCSS(=O)(=O)C[N+](=O)[O-]. The molecule has 60 valence electrons. The average molecular weight is 185 g/mol. The Morgan fingerprint density at radius 1 is 1.60 bits per heavy atom. The second kappa shape index (κ2) is 3.77. The zero-order chi connectivity index (χ0) is 8.20. The molecule has 0 unspecified atom stereocenters. The summed E-state index contributed by atoms with van der Waals surface area (Å²) < 4.78 is 21.1.